The van der Waals surface area contributed by atoms with E-state index in [0.29, 0.717) is 6.54 Å². The fourth-order valence-corrected chi connectivity index (χ4v) is 2.32. The summed E-state index contributed by atoms with van der Waals surface area (Å²) in [6.07, 6.45) is 1.87. The van der Waals surface area contributed by atoms with Gasteiger partial charge in [-0.25, -0.2) is 9.18 Å². The highest BCUT2D eigenvalue weighted by Crippen LogP contribution is 2.31. The number of halogens is 1. The Balaban J connectivity index is 2.17. The smallest absolute Gasteiger partial charge is 0.317 e. The van der Waals surface area contributed by atoms with E-state index in [9.17, 15) is 9.18 Å². The lowest BCUT2D eigenvalue weighted by Crippen LogP contribution is -2.39. The molecule has 2 rings (SSSR count). The zero-order valence-electron chi connectivity index (χ0n) is 9.95. The lowest BCUT2D eigenvalue weighted by molar-refractivity contribution is 0.193. The van der Waals surface area contributed by atoms with Gasteiger partial charge in [0, 0.05) is 13.1 Å². The maximum Gasteiger partial charge on any atom is 0.317 e. The van der Waals surface area contributed by atoms with Crippen molar-refractivity contribution in [1.29, 1.82) is 0 Å². The molecule has 0 radical (unpaired) electrons. The summed E-state index contributed by atoms with van der Waals surface area (Å²) in [5, 5.41) is 2.80. The first kappa shape index (κ1) is 11.9. The Bertz CT molecular complexity index is 408. The molecule has 0 aliphatic carbocycles. The minimum Gasteiger partial charge on any atom is -0.338 e. The van der Waals surface area contributed by atoms with Crippen LogP contribution in [0.1, 0.15) is 31.4 Å². The SMILES string of the molecule is CCNC(=O)N1CCCC1c1cccc(F)c1. The van der Waals surface area contributed by atoms with E-state index in [1.54, 1.807) is 11.0 Å². The third kappa shape index (κ3) is 2.57. The van der Waals surface area contributed by atoms with E-state index in [2.05, 4.69) is 5.32 Å². The maximum absolute atomic E-state index is 13.2. The normalized spacial score (nSPS) is 19.4. The number of nitrogens with one attached hydrogen (secondary N) is 1. The van der Waals surface area contributed by atoms with Crippen LogP contribution in [0.25, 0.3) is 0 Å². The van der Waals surface area contributed by atoms with Crippen LogP contribution in [-0.2, 0) is 0 Å². The number of likely N-dealkylation sites (tertiary alicyclic amines) is 1. The molecule has 1 aromatic carbocycles. The van der Waals surface area contributed by atoms with Gasteiger partial charge in [-0.3, -0.25) is 0 Å². The summed E-state index contributed by atoms with van der Waals surface area (Å²) in [6, 6.07) is 6.47. The topological polar surface area (TPSA) is 32.3 Å². The van der Waals surface area contributed by atoms with Crippen LogP contribution in [0.4, 0.5) is 9.18 Å². The second kappa shape index (κ2) is 5.17. The van der Waals surface area contributed by atoms with Crippen molar-refractivity contribution in [2.45, 2.75) is 25.8 Å². The Kier molecular flexibility index (Phi) is 3.61. The second-order valence-corrected chi connectivity index (χ2v) is 4.24. The summed E-state index contributed by atoms with van der Waals surface area (Å²) < 4.78 is 13.2. The van der Waals surface area contributed by atoms with E-state index < -0.39 is 0 Å². The van der Waals surface area contributed by atoms with Gasteiger partial charge in [0.2, 0.25) is 0 Å². The van der Waals surface area contributed by atoms with Crippen LogP contribution in [0.3, 0.4) is 0 Å². The number of urea groups is 1. The predicted molar refractivity (Wildman–Crippen MR) is 64.2 cm³/mol. The summed E-state index contributed by atoms with van der Waals surface area (Å²) in [6.45, 7) is 3.25. The summed E-state index contributed by atoms with van der Waals surface area (Å²) >= 11 is 0. The molecule has 1 saturated heterocycles. The van der Waals surface area contributed by atoms with Crippen LogP contribution in [0, 0.1) is 5.82 Å². The molecule has 92 valence electrons. The van der Waals surface area contributed by atoms with Gasteiger partial charge in [-0.1, -0.05) is 12.1 Å². The Morgan fingerprint density at radius 1 is 1.59 bits per heavy atom. The maximum atomic E-state index is 13.2. The summed E-state index contributed by atoms with van der Waals surface area (Å²) in [4.78, 5) is 13.6. The number of hydrogen-bond donors (Lipinski definition) is 1. The van der Waals surface area contributed by atoms with Gasteiger partial charge in [0.25, 0.3) is 0 Å². The van der Waals surface area contributed by atoms with Crippen molar-refractivity contribution >= 4 is 6.03 Å². The van der Waals surface area contributed by atoms with Gasteiger partial charge in [-0.05, 0) is 37.5 Å². The first-order valence-corrected chi connectivity index (χ1v) is 6.02. The monoisotopic (exact) mass is 236 g/mol. The molecule has 1 aromatic rings. The molecular formula is C13H17FN2O. The van der Waals surface area contributed by atoms with Crippen LogP contribution in [-0.4, -0.2) is 24.0 Å². The fraction of sp³-hybridized carbons (Fsp3) is 0.462. The highest BCUT2D eigenvalue weighted by atomic mass is 19.1. The van der Waals surface area contributed by atoms with Gasteiger partial charge in [-0.15, -0.1) is 0 Å². The Morgan fingerprint density at radius 3 is 3.12 bits per heavy atom. The summed E-state index contributed by atoms with van der Waals surface area (Å²) in [5.74, 6) is -0.245. The van der Waals surface area contributed by atoms with E-state index in [4.69, 9.17) is 0 Å². The number of carbonyl (C=O) groups excluding carboxylic acids is 1. The molecule has 1 heterocycles. The third-order valence-corrected chi connectivity index (χ3v) is 3.08. The Labute approximate surface area is 101 Å². The molecule has 0 saturated carbocycles. The molecule has 1 atom stereocenters. The van der Waals surface area contributed by atoms with Crippen LogP contribution in [0.15, 0.2) is 24.3 Å². The molecule has 1 N–H and O–H groups in total. The third-order valence-electron chi connectivity index (χ3n) is 3.08. The van der Waals surface area contributed by atoms with Crippen molar-refractivity contribution in [2.24, 2.45) is 0 Å². The van der Waals surface area contributed by atoms with Crippen molar-refractivity contribution in [2.75, 3.05) is 13.1 Å². The Morgan fingerprint density at radius 2 is 2.41 bits per heavy atom. The largest absolute Gasteiger partial charge is 0.338 e. The van der Waals surface area contributed by atoms with Gasteiger partial charge < -0.3 is 10.2 Å². The van der Waals surface area contributed by atoms with Crippen molar-refractivity contribution < 1.29 is 9.18 Å². The minimum atomic E-state index is -0.245. The Hall–Kier alpha value is -1.58. The average molecular weight is 236 g/mol. The molecule has 0 aromatic heterocycles. The minimum absolute atomic E-state index is 0.0113. The number of benzene rings is 1. The quantitative estimate of drug-likeness (QED) is 0.841. The van der Waals surface area contributed by atoms with E-state index >= 15 is 0 Å². The molecular weight excluding hydrogens is 219 g/mol. The van der Waals surface area contributed by atoms with Crippen molar-refractivity contribution in [3.8, 4) is 0 Å². The number of nitrogens with zero attached hydrogens (tertiary/aromatic N) is 1. The van der Waals surface area contributed by atoms with Crippen molar-refractivity contribution in [1.82, 2.24) is 10.2 Å². The first-order chi connectivity index (χ1) is 8.22. The summed E-state index contributed by atoms with van der Waals surface area (Å²) in [7, 11) is 0. The molecule has 2 amide bonds. The number of hydrogen-bond acceptors (Lipinski definition) is 1. The van der Waals surface area contributed by atoms with E-state index in [1.165, 1.54) is 12.1 Å². The lowest BCUT2D eigenvalue weighted by Gasteiger charge is -2.25. The van der Waals surface area contributed by atoms with Gasteiger partial charge in [0.05, 0.1) is 6.04 Å². The highest BCUT2D eigenvalue weighted by molar-refractivity contribution is 5.75. The molecule has 0 bridgehead atoms. The van der Waals surface area contributed by atoms with Gasteiger partial charge in [-0.2, -0.15) is 0 Å². The number of carbonyl (C=O) groups is 1. The molecule has 1 fully saturated rings. The predicted octanol–water partition coefficient (Wildman–Crippen LogP) is 2.69. The van der Waals surface area contributed by atoms with Gasteiger partial charge >= 0.3 is 6.03 Å². The lowest BCUT2D eigenvalue weighted by atomic mass is 10.0. The molecule has 1 aliphatic heterocycles. The van der Waals surface area contributed by atoms with Crippen LogP contribution in [0.2, 0.25) is 0 Å². The second-order valence-electron chi connectivity index (χ2n) is 4.24. The molecule has 17 heavy (non-hydrogen) atoms. The highest BCUT2D eigenvalue weighted by Gasteiger charge is 2.29. The fourth-order valence-electron chi connectivity index (χ4n) is 2.32. The van der Waals surface area contributed by atoms with Crippen LogP contribution < -0.4 is 5.32 Å². The molecule has 1 unspecified atom stereocenters. The zero-order valence-corrected chi connectivity index (χ0v) is 9.95. The van der Waals surface area contributed by atoms with Crippen LogP contribution in [0.5, 0.6) is 0 Å². The first-order valence-electron chi connectivity index (χ1n) is 6.02. The number of rotatable bonds is 2. The van der Waals surface area contributed by atoms with E-state index in [0.717, 1.165) is 24.9 Å². The standard InChI is InChI=1S/C13H17FN2O/c1-2-15-13(17)16-8-4-7-12(16)10-5-3-6-11(14)9-10/h3,5-6,9,12H,2,4,7-8H2,1H3,(H,15,17). The van der Waals surface area contributed by atoms with Crippen molar-refractivity contribution in [3.63, 3.8) is 0 Å². The zero-order chi connectivity index (χ0) is 12.3. The number of amides is 2. The molecule has 4 heteroatoms. The molecule has 0 spiro atoms. The van der Waals surface area contributed by atoms with Gasteiger partial charge in [0.1, 0.15) is 5.82 Å². The molecule has 3 nitrogen and oxygen atoms in total. The average Bonchev–Trinajstić information content (AvgIpc) is 2.78. The van der Waals surface area contributed by atoms with Crippen LogP contribution >= 0.6 is 0 Å². The van der Waals surface area contributed by atoms with Crippen molar-refractivity contribution in [3.05, 3.63) is 35.6 Å². The molecule has 1 aliphatic rings. The van der Waals surface area contributed by atoms with Gasteiger partial charge in [0.15, 0.2) is 0 Å². The summed E-state index contributed by atoms with van der Waals surface area (Å²) in [5.41, 5.74) is 0.883. The van der Waals surface area contributed by atoms with E-state index in [1.807, 2.05) is 13.0 Å². The van der Waals surface area contributed by atoms with E-state index in [-0.39, 0.29) is 17.9 Å².